The minimum absolute atomic E-state index is 0.0345. The van der Waals surface area contributed by atoms with Crippen molar-refractivity contribution >= 4 is 11.7 Å². The second-order valence-electron chi connectivity index (χ2n) is 8.80. The highest BCUT2D eigenvalue weighted by Gasteiger charge is 2.27. The number of hydrogen-bond donors (Lipinski definition) is 1. The van der Waals surface area contributed by atoms with Crippen LogP contribution >= 0.6 is 0 Å². The summed E-state index contributed by atoms with van der Waals surface area (Å²) in [6, 6.07) is 10.7. The van der Waals surface area contributed by atoms with Gasteiger partial charge in [-0.25, -0.2) is 9.36 Å². The van der Waals surface area contributed by atoms with Gasteiger partial charge in [0.25, 0.3) is 0 Å². The summed E-state index contributed by atoms with van der Waals surface area (Å²) in [7, 11) is 0. The van der Waals surface area contributed by atoms with Gasteiger partial charge in [-0.2, -0.15) is 10.2 Å². The molecule has 0 bridgehead atoms. The van der Waals surface area contributed by atoms with Gasteiger partial charge < -0.3 is 10.1 Å². The first-order valence-corrected chi connectivity index (χ1v) is 11.4. The lowest BCUT2D eigenvalue weighted by Gasteiger charge is -2.33. The standard InChI is InChI=1S/C24H30N6O2/c1-18-3-4-22(29-11-2-9-25-29)20(15-18)16-28-12-6-21(7-13-28)30-23(5-10-26-30)27-24(31)19-8-14-32-17-19/h2-5,9-11,15,19,21H,6-8,12-14,16-17H2,1H3,(H,27,31). The Morgan fingerprint density at radius 1 is 1.16 bits per heavy atom. The summed E-state index contributed by atoms with van der Waals surface area (Å²) >= 11 is 0. The average molecular weight is 435 g/mol. The van der Waals surface area contributed by atoms with Gasteiger partial charge in [0, 0.05) is 44.7 Å². The van der Waals surface area contributed by atoms with Gasteiger partial charge in [0.05, 0.1) is 30.5 Å². The average Bonchev–Trinajstić information content (AvgIpc) is 3.57. The Bertz CT molecular complexity index is 1050. The van der Waals surface area contributed by atoms with Gasteiger partial charge in [0.2, 0.25) is 5.91 Å². The van der Waals surface area contributed by atoms with Crippen molar-refractivity contribution in [1.29, 1.82) is 0 Å². The van der Waals surface area contributed by atoms with E-state index in [1.165, 1.54) is 11.1 Å². The number of piperidine rings is 1. The summed E-state index contributed by atoms with van der Waals surface area (Å²) in [6.07, 6.45) is 8.37. The second kappa shape index (κ2) is 9.26. The largest absolute Gasteiger partial charge is 0.381 e. The molecule has 8 heteroatoms. The van der Waals surface area contributed by atoms with Crippen molar-refractivity contribution in [2.45, 2.75) is 38.8 Å². The quantitative estimate of drug-likeness (QED) is 0.645. The van der Waals surface area contributed by atoms with E-state index in [1.54, 1.807) is 6.20 Å². The Morgan fingerprint density at radius 3 is 2.78 bits per heavy atom. The number of carbonyl (C=O) groups excluding carboxylic acids is 1. The molecule has 0 spiro atoms. The van der Waals surface area contributed by atoms with Gasteiger partial charge in [0.15, 0.2) is 0 Å². The Labute approximate surface area is 188 Å². The summed E-state index contributed by atoms with van der Waals surface area (Å²) in [6.45, 7) is 6.18. The lowest BCUT2D eigenvalue weighted by Crippen LogP contribution is -2.35. The number of aromatic nitrogens is 4. The van der Waals surface area contributed by atoms with Gasteiger partial charge in [-0.3, -0.25) is 9.69 Å². The molecule has 5 rings (SSSR count). The fourth-order valence-corrected chi connectivity index (χ4v) is 4.71. The highest BCUT2D eigenvalue weighted by atomic mass is 16.5. The van der Waals surface area contributed by atoms with E-state index in [4.69, 9.17) is 4.74 Å². The third kappa shape index (κ3) is 4.47. The van der Waals surface area contributed by atoms with Crippen LogP contribution in [0.1, 0.15) is 36.4 Å². The monoisotopic (exact) mass is 434 g/mol. The summed E-state index contributed by atoms with van der Waals surface area (Å²) in [5.74, 6) is 0.769. The molecule has 1 aromatic carbocycles. The third-order valence-electron chi connectivity index (χ3n) is 6.51. The zero-order chi connectivity index (χ0) is 21.9. The van der Waals surface area contributed by atoms with E-state index in [0.717, 1.165) is 50.4 Å². The number of benzene rings is 1. The molecule has 168 valence electrons. The summed E-state index contributed by atoms with van der Waals surface area (Å²) in [4.78, 5) is 15.0. The minimum Gasteiger partial charge on any atom is -0.381 e. The molecule has 2 fully saturated rings. The smallest absolute Gasteiger partial charge is 0.231 e. The number of hydrogen-bond acceptors (Lipinski definition) is 5. The van der Waals surface area contributed by atoms with Crippen molar-refractivity contribution in [3.05, 3.63) is 60.0 Å². The van der Waals surface area contributed by atoms with Crippen molar-refractivity contribution in [2.75, 3.05) is 31.6 Å². The molecule has 1 unspecified atom stereocenters. The van der Waals surface area contributed by atoms with Crippen LogP contribution in [0, 0.1) is 12.8 Å². The Hall–Kier alpha value is -2.97. The number of nitrogens with zero attached hydrogens (tertiary/aromatic N) is 5. The molecule has 4 heterocycles. The van der Waals surface area contributed by atoms with Crippen molar-refractivity contribution in [2.24, 2.45) is 5.92 Å². The van der Waals surface area contributed by atoms with E-state index in [0.29, 0.717) is 19.3 Å². The molecule has 0 aliphatic carbocycles. The van der Waals surface area contributed by atoms with Gasteiger partial charge in [-0.15, -0.1) is 0 Å². The SMILES string of the molecule is Cc1ccc(-n2cccn2)c(CN2CCC(n3nccc3NC(=O)C3CCOC3)CC2)c1. The van der Waals surface area contributed by atoms with Crippen LogP contribution in [-0.2, 0) is 16.1 Å². The molecule has 8 nitrogen and oxygen atoms in total. The van der Waals surface area contributed by atoms with Crippen molar-refractivity contribution < 1.29 is 9.53 Å². The summed E-state index contributed by atoms with van der Waals surface area (Å²) in [5, 5.41) is 12.0. The first kappa shape index (κ1) is 20.9. The van der Waals surface area contributed by atoms with Gasteiger partial charge in [-0.05, 0) is 43.9 Å². The predicted molar refractivity (Wildman–Crippen MR) is 122 cm³/mol. The molecule has 32 heavy (non-hydrogen) atoms. The van der Waals surface area contributed by atoms with Gasteiger partial charge in [-0.1, -0.05) is 17.7 Å². The van der Waals surface area contributed by atoms with Crippen LogP contribution in [0.15, 0.2) is 48.9 Å². The fraction of sp³-hybridized carbons (Fsp3) is 0.458. The second-order valence-corrected chi connectivity index (χ2v) is 8.80. The molecule has 2 aromatic heterocycles. The number of likely N-dealkylation sites (tertiary alicyclic amines) is 1. The molecule has 1 atom stereocenters. The first-order valence-electron chi connectivity index (χ1n) is 11.4. The fourth-order valence-electron chi connectivity index (χ4n) is 4.71. The molecule has 2 aliphatic rings. The summed E-state index contributed by atoms with van der Waals surface area (Å²) < 4.78 is 9.28. The van der Waals surface area contributed by atoms with Crippen molar-refractivity contribution in [3.8, 4) is 5.69 Å². The Morgan fingerprint density at radius 2 is 2.03 bits per heavy atom. The molecule has 0 saturated carbocycles. The number of amides is 1. The summed E-state index contributed by atoms with van der Waals surface area (Å²) in [5.41, 5.74) is 3.68. The predicted octanol–water partition coefficient (Wildman–Crippen LogP) is 3.19. The Balaban J connectivity index is 1.22. The van der Waals surface area contributed by atoms with Crippen molar-refractivity contribution in [1.82, 2.24) is 24.5 Å². The molecular weight excluding hydrogens is 404 g/mol. The number of aryl methyl sites for hydroxylation is 1. The van der Waals surface area contributed by atoms with E-state index < -0.39 is 0 Å². The minimum atomic E-state index is -0.0569. The molecule has 1 N–H and O–H groups in total. The number of nitrogens with one attached hydrogen (secondary N) is 1. The molecule has 2 aliphatic heterocycles. The van der Waals surface area contributed by atoms with E-state index in [9.17, 15) is 4.79 Å². The topological polar surface area (TPSA) is 77.2 Å². The van der Waals surface area contributed by atoms with Gasteiger partial charge in [0.1, 0.15) is 5.82 Å². The van der Waals surface area contributed by atoms with Crippen LogP contribution in [0.25, 0.3) is 5.69 Å². The first-order chi connectivity index (χ1) is 15.7. The van der Waals surface area contributed by atoms with Crippen molar-refractivity contribution in [3.63, 3.8) is 0 Å². The van der Waals surface area contributed by atoms with Gasteiger partial charge >= 0.3 is 0 Å². The highest BCUT2D eigenvalue weighted by molar-refractivity contribution is 5.92. The zero-order valence-corrected chi connectivity index (χ0v) is 18.5. The molecule has 1 amide bonds. The molecule has 2 saturated heterocycles. The van der Waals surface area contributed by atoms with Crippen LogP contribution in [0.5, 0.6) is 0 Å². The zero-order valence-electron chi connectivity index (χ0n) is 18.5. The van der Waals surface area contributed by atoms with Crippen LogP contribution in [-0.4, -0.2) is 56.7 Å². The maximum Gasteiger partial charge on any atom is 0.231 e. The Kier molecular flexibility index (Phi) is 6.05. The van der Waals surface area contributed by atoms with Crippen LogP contribution in [0.4, 0.5) is 5.82 Å². The van der Waals surface area contributed by atoms with E-state index in [-0.39, 0.29) is 11.8 Å². The maximum absolute atomic E-state index is 12.5. The number of carbonyl (C=O) groups is 1. The molecule has 3 aromatic rings. The van der Waals surface area contributed by atoms with E-state index in [2.05, 4.69) is 45.5 Å². The molecular formula is C24H30N6O2. The maximum atomic E-state index is 12.5. The molecule has 0 radical (unpaired) electrons. The normalized spacial score (nSPS) is 20.0. The van der Waals surface area contributed by atoms with E-state index in [1.807, 2.05) is 33.9 Å². The van der Waals surface area contributed by atoms with Crippen LogP contribution in [0.2, 0.25) is 0 Å². The highest BCUT2D eigenvalue weighted by Crippen LogP contribution is 2.28. The lowest BCUT2D eigenvalue weighted by molar-refractivity contribution is -0.119. The lowest BCUT2D eigenvalue weighted by atomic mass is 10.0. The van der Waals surface area contributed by atoms with Crippen LogP contribution in [0.3, 0.4) is 0 Å². The van der Waals surface area contributed by atoms with Crippen LogP contribution < -0.4 is 5.32 Å². The third-order valence-corrected chi connectivity index (χ3v) is 6.51. The number of rotatable bonds is 6. The number of ether oxygens (including phenoxy) is 1. The number of anilines is 1. The van der Waals surface area contributed by atoms with E-state index >= 15 is 0 Å².